The van der Waals surface area contributed by atoms with E-state index in [2.05, 4.69) is 19.2 Å². The van der Waals surface area contributed by atoms with Gasteiger partial charge in [0.2, 0.25) is 15.9 Å². The molecule has 0 radical (unpaired) electrons. The van der Waals surface area contributed by atoms with Crippen LogP contribution in [0.3, 0.4) is 0 Å². The molecule has 140 valence electrons. The molecule has 0 spiro atoms. The monoisotopic (exact) mass is 386 g/mol. The molecule has 1 aliphatic rings. The summed E-state index contributed by atoms with van der Waals surface area (Å²) in [6, 6.07) is 4.76. The third-order valence-corrected chi connectivity index (χ3v) is 6.83. The standard InChI is InChI=1S/C18H27ClN2O3S/c1-13(2)8-9-20-18(22)15-5-4-10-21(12-15)25(23,24)16-7-6-14(3)17(19)11-16/h6-7,11,13,15H,4-5,8-10,12H2,1-3H3,(H,20,22)/t15-/m1/s1. The fraction of sp³-hybridized carbons (Fsp3) is 0.611. The third-order valence-electron chi connectivity index (χ3n) is 4.56. The van der Waals surface area contributed by atoms with Gasteiger partial charge in [-0.05, 0) is 49.8 Å². The van der Waals surface area contributed by atoms with Crippen molar-refractivity contribution in [2.75, 3.05) is 19.6 Å². The van der Waals surface area contributed by atoms with E-state index in [0.717, 1.165) is 12.0 Å². The molecule has 1 aromatic rings. The number of hydrogen-bond acceptors (Lipinski definition) is 3. The lowest BCUT2D eigenvalue weighted by Gasteiger charge is -2.31. The van der Waals surface area contributed by atoms with Crippen molar-refractivity contribution >= 4 is 27.5 Å². The summed E-state index contributed by atoms with van der Waals surface area (Å²) in [6.07, 6.45) is 2.32. The predicted octanol–water partition coefficient (Wildman–Crippen LogP) is 3.21. The summed E-state index contributed by atoms with van der Waals surface area (Å²) in [5.74, 6) is 0.175. The van der Waals surface area contributed by atoms with Gasteiger partial charge in [0.05, 0.1) is 10.8 Å². The van der Waals surface area contributed by atoms with Crippen LogP contribution in [0.4, 0.5) is 0 Å². The highest BCUT2D eigenvalue weighted by atomic mass is 35.5. The molecule has 1 aliphatic heterocycles. The molecule has 0 aliphatic carbocycles. The van der Waals surface area contributed by atoms with Crippen molar-refractivity contribution in [3.05, 3.63) is 28.8 Å². The zero-order valence-electron chi connectivity index (χ0n) is 15.1. The number of aryl methyl sites for hydroxylation is 1. The number of rotatable bonds is 6. The average molecular weight is 387 g/mol. The second-order valence-electron chi connectivity index (χ2n) is 7.09. The number of carbonyl (C=O) groups is 1. The number of nitrogens with zero attached hydrogens (tertiary/aromatic N) is 1. The van der Waals surface area contributed by atoms with Gasteiger partial charge in [-0.15, -0.1) is 0 Å². The van der Waals surface area contributed by atoms with Gasteiger partial charge in [0.25, 0.3) is 0 Å². The zero-order chi connectivity index (χ0) is 18.6. The molecule has 1 aromatic carbocycles. The first kappa shape index (κ1) is 20.2. The Morgan fingerprint density at radius 2 is 2.12 bits per heavy atom. The van der Waals surface area contributed by atoms with E-state index in [4.69, 9.17) is 11.6 Å². The van der Waals surface area contributed by atoms with Gasteiger partial charge in [-0.2, -0.15) is 4.31 Å². The van der Waals surface area contributed by atoms with Gasteiger partial charge < -0.3 is 5.32 Å². The van der Waals surface area contributed by atoms with Crippen LogP contribution in [0, 0.1) is 18.8 Å². The topological polar surface area (TPSA) is 66.5 Å². The van der Waals surface area contributed by atoms with Crippen LogP contribution in [-0.4, -0.2) is 38.3 Å². The average Bonchev–Trinajstić information content (AvgIpc) is 2.57. The minimum absolute atomic E-state index is 0.0533. The first-order valence-electron chi connectivity index (χ1n) is 8.76. The van der Waals surface area contributed by atoms with Crippen molar-refractivity contribution in [3.63, 3.8) is 0 Å². The second kappa shape index (κ2) is 8.52. The number of halogens is 1. The van der Waals surface area contributed by atoms with E-state index >= 15 is 0 Å². The first-order chi connectivity index (χ1) is 11.7. The lowest BCUT2D eigenvalue weighted by atomic mass is 9.98. The number of benzene rings is 1. The molecule has 5 nitrogen and oxygen atoms in total. The van der Waals surface area contributed by atoms with E-state index in [1.807, 2.05) is 6.92 Å². The van der Waals surface area contributed by atoms with Crippen LogP contribution in [0.1, 0.15) is 38.7 Å². The Morgan fingerprint density at radius 3 is 2.76 bits per heavy atom. The Kier molecular flexibility index (Phi) is 6.88. The maximum Gasteiger partial charge on any atom is 0.243 e. The summed E-state index contributed by atoms with van der Waals surface area (Å²) in [5, 5.41) is 3.36. The molecule has 2 rings (SSSR count). The van der Waals surface area contributed by atoms with Crippen LogP contribution in [0.5, 0.6) is 0 Å². The Morgan fingerprint density at radius 1 is 1.40 bits per heavy atom. The Hall–Kier alpha value is -1.11. The minimum atomic E-state index is -3.63. The van der Waals surface area contributed by atoms with Crippen molar-refractivity contribution < 1.29 is 13.2 Å². The molecule has 1 atom stereocenters. The molecule has 1 fully saturated rings. The molecule has 1 saturated heterocycles. The van der Waals surface area contributed by atoms with Gasteiger partial charge in [0, 0.05) is 24.7 Å². The second-order valence-corrected chi connectivity index (χ2v) is 9.43. The Balaban J connectivity index is 2.06. The van der Waals surface area contributed by atoms with Crippen molar-refractivity contribution in [1.82, 2.24) is 9.62 Å². The molecule has 0 aromatic heterocycles. The van der Waals surface area contributed by atoms with E-state index in [0.29, 0.717) is 36.9 Å². The van der Waals surface area contributed by atoms with Gasteiger partial charge >= 0.3 is 0 Å². The summed E-state index contributed by atoms with van der Waals surface area (Å²) >= 11 is 6.07. The summed E-state index contributed by atoms with van der Waals surface area (Å²) < 4.78 is 27.1. The normalized spacial score (nSPS) is 19.2. The minimum Gasteiger partial charge on any atom is -0.356 e. The van der Waals surface area contributed by atoms with Crippen molar-refractivity contribution in [1.29, 1.82) is 0 Å². The third kappa shape index (κ3) is 5.19. The van der Waals surface area contributed by atoms with E-state index in [1.54, 1.807) is 12.1 Å². The molecule has 0 unspecified atom stereocenters. The SMILES string of the molecule is Cc1ccc(S(=O)(=O)N2CCC[C@@H](C(=O)NCCC(C)C)C2)cc1Cl. The quantitative estimate of drug-likeness (QED) is 0.816. The van der Waals surface area contributed by atoms with Gasteiger partial charge in [0.1, 0.15) is 0 Å². The highest BCUT2D eigenvalue weighted by Gasteiger charge is 2.33. The molecule has 1 heterocycles. The van der Waals surface area contributed by atoms with E-state index in [-0.39, 0.29) is 23.3 Å². The fourth-order valence-electron chi connectivity index (χ4n) is 2.89. The maximum absolute atomic E-state index is 12.9. The molecular formula is C18H27ClN2O3S. The fourth-order valence-corrected chi connectivity index (χ4v) is 4.68. The molecule has 1 N–H and O–H groups in total. The summed E-state index contributed by atoms with van der Waals surface area (Å²) in [6.45, 7) is 7.33. The van der Waals surface area contributed by atoms with Crippen LogP contribution >= 0.6 is 11.6 Å². The van der Waals surface area contributed by atoms with Crippen LogP contribution in [-0.2, 0) is 14.8 Å². The molecule has 7 heteroatoms. The van der Waals surface area contributed by atoms with Crippen molar-refractivity contribution in [2.45, 2.75) is 44.9 Å². The van der Waals surface area contributed by atoms with Crippen LogP contribution < -0.4 is 5.32 Å². The summed E-state index contributed by atoms with van der Waals surface area (Å²) in [5.41, 5.74) is 0.835. The van der Waals surface area contributed by atoms with E-state index < -0.39 is 10.0 Å². The van der Waals surface area contributed by atoms with Crippen molar-refractivity contribution in [2.24, 2.45) is 11.8 Å². The first-order valence-corrected chi connectivity index (χ1v) is 10.6. The molecular weight excluding hydrogens is 360 g/mol. The number of amides is 1. The molecule has 1 amide bonds. The van der Waals surface area contributed by atoms with Gasteiger partial charge in [0.15, 0.2) is 0 Å². The summed E-state index contributed by atoms with van der Waals surface area (Å²) in [7, 11) is -3.63. The predicted molar refractivity (Wildman–Crippen MR) is 100 cm³/mol. The number of carbonyl (C=O) groups excluding carboxylic acids is 1. The van der Waals surface area contributed by atoms with Crippen molar-refractivity contribution in [3.8, 4) is 0 Å². The highest BCUT2D eigenvalue weighted by Crippen LogP contribution is 2.26. The number of nitrogens with one attached hydrogen (secondary N) is 1. The Labute approximate surface area is 155 Å². The van der Waals surface area contributed by atoms with E-state index in [1.165, 1.54) is 10.4 Å². The largest absolute Gasteiger partial charge is 0.356 e. The smallest absolute Gasteiger partial charge is 0.243 e. The lowest BCUT2D eigenvalue weighted by molar-refractivity contribution is -0.126. The zero-order valence-corrected chi connectivity index (χ0v) is 16.7. The van der Waals surface area contributed by atoms with E-state index in [9.17, 15) is 13.2 Å². The van der Waals surface area contributed by atoms with Crippen LogP contribution in [0.25, 0.3) is 0 Å². The Bertz CT molecular complexity index is 719. The molecule has 0 saturated carbocycles. The summed E-state index contributed by atoms with van der Waals surface area (Å²) in [4.78, 5) is 12.5. The maximum atomic E-state index is 12.9. The molecule has 25 heavy (non-hydrogen) atoms. The molecule has 0 bridgehead atoms. The lowest BCUT2D eigenvalue weighted by Crippen LogP contribution is -2.45. The highest BCUT2D eigenvalue weighted by molar-refractivity contribution is 7.89. The van der Waals surface area contributed by atoms with Crippen LogP contribution in [0.2, 0.25) is 5.02 Å². The van der Waals surface area contributed by atoms with Gasteiger partial charge in [-0.1, -0.05) is 31.5 Å². The number of sulfonamides is 1. The van der Waals surface area contributed by atoms with Gasteiger partial charge in [-0.3, -0.25) is 4.79 Å². The van der Waals surface area contributed by atoms with Crippen LogP contribution in [0.15, 0.2) is 23.1 Å². The number of piperidine rings is 1. The van der Waals surface area contributed by atoms with Gasteiger partial charge in [-0.25, -0.2) is 8.42 Å². The number of hydrogen-bond donors (Lipinski definition) is 1.